The van der Waals surface area contributed by atoms with Gasteiger partial charge in [-0.3, -0.25) is 9.10 Å². The number of ether oxygens (including phenoxy) is 1. The minimum atomic E-state index is -4.05. The Morgan fingerprint density at radius 2 is 1.88 bits per heavy atom. The average Bonchev–Trinajstić information content (AvgIpc) is 2.81. The predicted molar refractivity (Wildman–Crippen MR) is 132 cm³/mol. The Kier molecular flexibility index (Phi) is 8.14. The van der Waals surface area contributed by atoms with E-state index in [9.17, 15) is 18.3 Å². The molecule has 0 bridgehead atoms. The van der Waals surface area contributed by atoms with Crippen molar-refractivity contribution >= 4 is 39.4 Å². The molecule has 1 amide bonds. The molecule has 0 radical (unpaired) electrons. The van der Waals surface area contributed by atoms with Crippen molar-refractivity contribution in [3.8, 4) is 11.5 Å². The molecular formula is C24H24ClN3O5S. The number of nitrogens with zero attached hydrogens (tertiary/aromatic N) is 2. The molecule has 0 aromatic heterocycles. The van der Waals surface area contributed by atoms with Gasteiger partial charge in [-0.25, -0.2) is 13.8 Å². The first-order valence-electron chi connectivity index (χ1n) is 10.3. The summed E-state index contributed by atoms with van der Waals surface area (Å²) in [6.07, 6.45) is 1.36. The molecule has 0 saturated carbocycles. The van der Waals surface area contributed by atoms with E-state index in [0.717, 1.165) is 4.31 Å². The van der Waals surface area contributed by atoms with Gasteiger partial charge < -0.3 is 9.84 Å². The lowest BCUT2D eigenvalue weighted by molar-refractivity contribution is -0.119. The van der Waals surface area contributed by atoms with E-state index in [1.54, 1.807) is 62.4 Å². The lowest BCUT2D eigenvalue weighted by Gasteiger charge is -2.25. The first-order valence-corrected chi connectivity index (χ1v) is 12.2. The van der Waals surface area contributed by atoms with Crippen molar-refractivity contribution in [2.24, 2.45) is 5.10 Å². The third-order valence-corrected chi connectivity index (χ3v) is 6.74. The number of halogens is 1. The van der Waals surface area contributed by atoms with Gasteiger partial charge in [0.2, 0.25) is 0 Å². The number of rotatable bonds is 9. The van der Waals surface area contributed by atoms with Crippen molar-refractivity contribution in [2.45, 2.75) is 18.7 Å². The molecule has 3 aromatic rings. The highest BCUT2D eigenvalue weighted by molar-refractivity contribution is 7.92. The Balaban J connectivity index is 1.83. The van der Waals surface area contributed by atoms with E-state index >= 15 is 0 Å². The summed E-state index contributed by atoms with van der Waals surface area (Å²) >= 11 is 6.04. The third kappa shape index (κ3) is 6.06. The fraction of sp³-hybridized carbons (Fsp3) is 0.167. The van der Waals surface area contributed by atoms with E-state index in [2.05, 4.69) is 10.5 Å². The van der Waals surface area contributed by atoms with E-state index in [0.29, 0.717) is 28.4 Å². The fourth-order valence-corrected chi connectivity index (χ4v) is 4.88. The Morgan fingerprint density at radius 3 is 2.56 bits per heavy atom. The number of anilines is 1. The first kappa shape index (κ1) is 25.1. The molecule has 2 N–H and O–H groups in total. The van der Waals surface area contributed by atoms with Crippen molar-refractivity contribution in [3.63, 3.8) is 0 Å². The molecule has 3 aromatic carbocycles. The maximum absolute atomic E-state index is 13.4. The van der Waals surface area contributed by atoms with Crippen LogP contribution in [0.5, 0.6) is 11.5 Å². The van der Waals surface area contributed by atoms with Crippen LogP contribution < -0.4 is 14.5 Å². The van der Waals surface area contributed by atoms with Gasteiger partial charge in [0, 0.05) is 5.02 Å². The monoisotopic (exact) mass is 501 g/mol. The number of nitrogens with one attached hydrogen (secondary N) is 1. The molecule has 0 spiro atoms. The van der Waals surface area contributed by atoms with Crippen molar-refractivity contribution in [1.29, 1.82) is 0 Å². The Hall–Kier alpha value is -3.56. The molecular weight excluding hydrogens is 478 g/mol. The van der Waals surface area contributed by atoms with Crippen LogP contribution in [-0.2, 0) is 14.8 Å². The van der Waals surface area contributed by atoms with Gasteiger partial charge in [0.15, 0.2) is 11.5 Å². The number of hydrogen-bond donors (Lipinski definition) is 2. The molecule has 178 valence electrons. The van der Waals surface area contributed by atoms with E-state index in [-0.39, 0.29) is 16.4 Å². The minimum Gasteiger partial charge on any atom is -0.504 e. The Bertz CT molecular complexity index is 1300. The van der Waals surface area contributed by atoms with Gasteiger partial charge in [0.25, 0.3) is 15.9 Å². The molecule has 0 heterocycles. The highest BCUT2D eigenvalue weighted by atomic mass is 35.5. The lowest BCUT2D eigenvalue weighted by Crippen LogP contribution is -2.40. The minimum absolute atomic E-state index is 0.0110. The number of aromatic hydroxyl groups is 1. The molecule has 0 saturated heterocycles. The molecule has 10 heteroatoms. The number of benzene rings is 3. The summed E-state index contributed by atoms with van der Waals surface area (Å²) in [5.74, 6) is -0.367. The van der Waals surface area contributed by atoms with E-state index in [1.165, 1.54) is 24.4 Å². The van der Waals surface area contributed by atoms with Crippen molar-refractivity contribution in [3.05, 3.63) is 82.9 Å². The molecule has 0 aliphatic heterocycles. The van der Waals surface area contributed by atoms with E-state index < -0.39 is 22.5 Å². The molecule has 34 heavy (non-hydrogen) atoms. The van der Waals surface area contributed by atoms with Crippen molar-refractivity contribution in [1.82, 2.24) is 5.43 Å². The van der Waals surface area contributed by atoms with Gasteiger partial charge in [-0.1, -0.05) is 29.8 Å². The van der Waals surface area contributed by atoms with Gasteiger partial charge in [-0.2, -0.15) is 5.10 Å². The number of hydrogen-bond acceptors (Lipinski definition) is 6. The van der Waals surface area contributed by atoms with Crippen LogP contribution >= 0.6 is 11.6 Å². The highest BCUT2D eigenvalue weighted by Crippen LogP contribution is 2.29. The summed E-state index contributed by atoms with van der Waals surface area (Å²) in [4.78, 5) is 12.7. The maximum Gasteiger partial charge on any atom is 0.264 e. The number of phenols is 1. The van der Waals surface area contributed by atoms with Crippen LogP contribution in [0.25, 0.3) is 0 Å². The number of amides is 1. The molecule has 0 aliphatic carbocycles. The van der Waals surface area contributed by atoms with E-state index in [1.807, 2.05) is 0 Å². The molecule has 3 rings (SSSR count). The number of sulfonamides is 1. The second-order valence-electron chi connectivity index (χ2n) is 7.21. The lowest BCUT2D eigenvalue weighted by atomic mass is 10.2. The average molecular weight is 502 g/mol. The molecule has 0 unspecified atom stereocenters. The summed E-state index contributed by atoms with van der Waals surface area (Å²) < 4.78 is 33.1. The summed E-state index contributed by atoms with van der Waals surface area (Å²) in [7, 11) is -4.05. The standard InChI is InChI=1S/C24H24ClN3O5S/c1-3-33-23-14-18(9-12-22(23)29)15-26-27-24(30)16-28(21-11-10-19(25)13-17(21)2)34(31,32)20-7-5-4-6-8-20/h4-15,29H,3,16H2,1-2H3,(H,27,30)/b26-15-. The summed E-state index contributed by atoms with van der Waals surface area (Å²) in [6.45, 7) is 3.38. The zero-order valence-corrected chi connectivity index (χ0v) is 20.2. The van der Waals surface area contributed by atoms with Crippen LogP contribution in [0.15, 0.2) is 76.7 Å². The Morgan fingerprint density at radius 1 is 1.15 bits per heavy atom. The number of carbonyl (C=O) groups is 1. The van der Waals surface area contributed by atoms with Crippen molar-refractivity contribution in [2.75, 3.05) is 17.5 Å². The van der Waals surface area contributed by atoms with Crippen molar-refractivity contribution < 1.29 is 23.1 Å². The second kappa shape index (κ2) is 11.0. The van der Waals surface area contributed by atoms with Crippen LogP contribution in [0.3, 0.4) is 0 Å². The normalized spacial score (nSPS) is 11.4. The fourth-order valence-electron chi connectivity index (χ4n) is 3.14. The molecule has 0 atom stereocenters. The molecule has 0 aliphatic rings. The second-order valence-corrected chi connectivity index (χ2v) is 9.51. The van der Waals surface area contributed by atoms with Crippen LogP contribution in [0.2, 0.25) is 5.02 Å². The smallest absolute Gasteiger partial charge is 0.264 e. The summed E-state index contributed by atoms with van der Waals surface area (Å²) in [5, 5.41) is 14.1. The van der Waals surface area contributed by atoms with Crippen LogP contribution in [0.4, 0.5) is 5.69 Å². The van der Waals surface area contributed by atoms with E-state index in [4.69, 9.17) is 16.3 Å². The number of carbonyl (C=O) groups excluding carboxylic acids is 1. The summed E-state index contributed by atoms with van der Waals surface area (Å²) in [6, 6.07) is 17.2. The highest BCUT2D eigenvalue weighted by Gasteiger charge is 2.28. The Labute approximate surface area is 203 Å². The topological polar surface area (TPSA) is 108 Å². The summed E-state index contributed by atoms with van der Waals surface area (Å²) in [5.41, 5.74) is 3.84. The van der Waals surface area contributed by atoms with Gasteiger partial charge in [0.1, 0.15) is 6.54 Å². The van der Waals surface area contributed by atoms with Gasteiger partial charge >= 0.3 is 0 Å². The maximum atomic E-state index is 13.4. The quantitative estimate of drug-likeness (QED) is 0.339. The van der Waals surface area contributed by atoms with Crippen LogP contribution in [0, 0.1) is 6.92 Å². The van der Waals surface area contributed by atoms with Gasteiger partial charge in [-0.15, -0.1) is 0 Å². The van der Waals surface area contributed by atoms with Crippen LogP contribution in [-0.4, -0.2) is 38.8 Å². The number of phenolic OH excluding ortho intramolecular Hbond substituents is 1. The number of hydrazone groups is 1. The largest absolute Gasteiger partial charge is 0.504 e. The molecule has 0 fully saturated rings. The molecule has 8 nitrogen and oxygen atoms in total. The van der Waals surface area contributed by atoms with Gasteiger partial charge in [0.05, 0.1) is 23.4 Å². The van der Waals surface area contributed by atoms with Crippen LogP contribution in [0.1, 0.15) is 18.1 Å². The first-order chi connectivity index (χ1) is 16.2. The number of aryl methyl sites for hydroxylation is 1. The third-order valence-electron chi connectivity index (χ3n) is 4.73. The zero-order valence-electron chi connectivity index (χ0n) is 18.6. The van der Waals surface area contributed by atoms with Gasteiger partial charge in [-0.05, 0) is 73.5 Å². The SMILES string of the molecule is CCOc1cc(/C=N\NC(=O)CN(c2ccc(Cl)cc2C)S(=O)(=O)c2ccccc2)ccc1O. The zero-order chi connectivity index (χ0) is 24.7. The predicted octanol–water partition coefficient (Wildman–Crippen LogP) is 4.10.